The first-order chi connectivity index (χ1) is 3.72. The van der Waals surface area contributed by atoms with Gasteiger partial charge < -0.3 is 5.41 Å². The molecule has 8 heavy (non-hydrogen) atoms. The van der Waals surface area contributed by atoms with Crippen molar-refractivity contribution in [1.82, 2.24) is 0 Å². The molecule has 1 N–H and O–H groups in total. The van der Waals surface area contributed by atoms with Gasteiger partial charge in [0.05, 0.1) is 0 Å². The molecule has 44 valence electrons. The first kappa shape index (κ1) is 7.08. The van der Waals surface area contributed by atoms with Gasteiger partial charge in [0.1, 0.15) is 0 Å². The molecule has 0 aromatic rings. The molecule has 0 bridgehead atoms. The molecule has 0 spiro atoms. The molecule has 0 amide bonds. The third kappa shape index (κ3) is 1.69. The summed E-state index contributed by atoms with van der Waals surface area (Å²) in [6, 6.07) is 0. The van der Waals surface area contributed by atoms with E-state index in [4.69, 9.17) is 5.41 Å². The Morgan fingerprint density at radius 3 is 2.12 bits per heavy atom. The van der Waals surface area contributed by atoms with Crippen molar-refractivity contribution in [2.75, 3.05) is 0 Å². The van der Waals surface area contributed by atoms with Crippen molar-refractivity contribution in [3.05, 3.63) is 11.6 Å². The van der Waals surface area contributed by atoms with Crippen molar-refractivity contribution in [3.8, 4) is 0 Å². The fourth-order valence-electron chi connectivity index (χ4n) is 0.388. The predicted molar refractivity (Wildman–Crippen MR) is 33.2 cm³/mol. The van der Waals surface area contributed by atoms with Gasteiger partial charge in [0.15, 0.2) is 5.78 Å². The number of nitrogens with one attached hydrogen (secondary N) is 1. The van der Waals surface area contributed by atoms with Gasteiger partial charge in [-0.25, -0.2) is 0 Å². The number of rotatable bonds is 2. The summed E-state index contributed by atoms with van der Waals surface area (Å²) in [6.07, 6.45) is 2.68. The monoisotopic (exact) mass is 111 g/mol. The first-order valence-electron chi connectivity index (χ1n) is 2.40. The number of carbonyl (C=O) groups excluding carboxylic acids is 1. The van der Waals surface area contributed by atoms with Gasteiger partial charge in [0.2, 0.25) is 0 Å². The summed E-state index contributed by atoms with van der Waals surface area (Å²) in [7, 11) is 0. The van der Waals surface area contributed by atoms with Crippen LogP contribution in [0.4, 0.5) is 0 Å². The van der Waals surface area contributed by atoms with Crippen molar-refractivity contribution < 1.29 is 4.79 Å². The van der Waals surface area contributed by atoms with Crippen molar-refractivity contribution in [2.24, 2.45) is 0 Å². The second kappa shape index (κ2) is 3.13. The van der Waals surface area contributed by atoms with Crippen LogP contribution in [-0.2, 0) is 4.79 Å². The summed E-state index contributed by atoms with van der Waals surface area (Å²) >= 11 is 0. The summed E-state index contributed by atoms with van der Waals surface area (Å²) < 4.78 is 0. The summed E-state index contributed by atoms with van der Waals surface area (Å²) in [5.41, 5.74) is 0.463. The lowest BCUT2D eigenvalue weighted by Gasteiger charge is -1.86. The van der Waals surface area contributed by atoms with E-state index < -0.39 is 0 Å². The number of carbonyl (C=O) groups is 1. The van der Waals surface area contributed by atoms with E-state index in [0.29, 0.717) is 5.57 Å². The van der Waals surface area contributed by atoms with Crippen LogP contribution < -0.4 is 0 Å². The molecular weight excluding hydrogens is 102 g/mol. The van der Waals surface area contributed by atoms with Gasteiger partial charge in [-0.1, -0.05) is 6.08 Å². The lowest BCUT2D eigenvalue weighted by Crippen LogP contribution is -1.95. The first-order valence-corrected chi connectivity index (χ1v) is 2.40. The summed E-state index contributed by atoms with van der Waals surface area (Å²) in [6.45, 7) is 3.18. The van der Waals surface area contributed by atoms with Gasteiger partial charge in [-0.05, 0) is 13.8 Å². The maximum atomic E-state index is 10.4. The molecule has 0 saturated carbocycles. The molecule has 0 rings (SSSR count). The van der Waals surface area contributed by atoms with E-state index in [1.807, 2.05) is 0 Å². The maximum absolute atomic E-state index is 10.4. The molecule has 0 fully saturated rings. The van der Waals surface area contributed by atoms with Gasteiger partial charge in [0.25, 0.3) is 0 Å². The molecular formula is C6H9NO. The minimum Gasteiger partial charge on any atom is -0.308 e. The highest BCUT2D eigenvalue weighted by Gasteiger charge is 1.93. The van der Waals surface area contributed by atoms with Crippen LogP contribution in [0.1, 0.15) is 13.8 Å². The zero-order chi connectivity index (χ0) is 6.57. The predicted octanol–water partition coefficient (Wildman–Crippen LogP) is 1.17. The molecule has 2 heteroatoms. The molecule has 0 radical (unpaired) electrons. The number of hydrogen-bond donors (Lipinski definition) is 1. The average molecular weight is 111 g/mol. The molecule has 0 atom stereocenters. The second-order valence-electron chi connectivity index (χ2n) is 1.44. The Balaban J connectivity index is 4.13. The molecule has 0 saturated heterocycles. The highest BCUT2D eigenvalue weighted by atomic mass is 16.1. The standard InChI is InChI=1S/C6H9NO/c1-3-6(4-7)5(2)8/h3-4,7H,1-2H3/b6-3+,7-4?. The fraction of sp³-hybridized carbons (Fsp3) is 0.333. The van der Waals surface area contributed by atoms with Gasteiger partial charge in [0, 0.05) is 11.8 Å². The van der Waals surface area contributed by atoms with Crippen molar-refractivity contribution in [1.29, 1.82) is 5.41 Å². The Labute approximate surface area is 48.7 Å². The van der Waals surface area contributed by atoms with E-state index in [9.17, 15) is 4.79 Å². The minimum absolute atomic E-state index is 0.0532. The van der Waals surface area contributed by atoms with Crippen LogP contribution in [0.5, 0.6) is 0 Å². The van der Waals surface area contributed by atoms with Crippen LogP contribution in [0, 0.1) is 5.41 Å². The Hall–Kier alpha value is -0.920. The number of allylic oxidation sites excluding steroid dienone is 2. The van der Waals surface area contributed by atoms with Crippen LogP contribution in [0.25, 0.3) is 0 Å². The average Bonchev–Trinajstić information content (AvgIpc) is 1.69. The lowest BCUT2D eigenvalue weighted by atomic mass is 10.2. The summed E-state index contributed by atoms with van der Waals surface area (Å²) in [5, 5.41) is 6.68. The smallest absolute Gasteiger partial charge is 0.160 e. The number of ketones is 1. The lowest BCUT2D eigenvalue weighted by molar-refractivity contribution is -0.113. The van der Waals surface area contributed by atoms with E-state index >= 15 is 0 Å². The molecule has 0 aliphatic carbocycles. The highest BCUT2D eigenvalue weighted by Crippen LogP contribution is 1.88. The van der Waals surface area contributed by atoms with E-state index in [-0.39, 0.29) is 5.78 Å². The zero-order valence-corrected chi connectivity index (χ0v) is 5.06. The molecule has 2 nitrogen and oxygen atoms in total. The van der Waals surface area contributed by atoms with Crippen LogP contribution in [0.2, 0.25) is 0 Å². The number of hydrogen-bond acceptors (Lipinski definition) is 2. The van der Waals surface area contributed by atoms with Gasteiger partial charge in [-0.3, -0.25) is 4.79 Å². The SMILES string of the molecule is C/C=C(\C=N)C(C)=O. The van der Waals surface area contributed by atoms with Gasteiger partial charge in [-0.15, -0.1) is 0 Å². The Morgan fingerprint density at radius 2 is 2.12 bits per heavy atom. The van der Waals surface area contributed by atoms with Crippen LogP contribution >= 0.6 is 0 Å². The fourth-order valence-corrected chi connectivity index (χ4v) is 0.388. The van der Waals surface area contributed by atoms with Crippen molar-refractivity contribution in [2.45, 2.75) is 13.8 Å². The molecule has 0 heterocycles. The molecule has 0 aromatic heterocycles. The molecule has 0 aliphatic rings. The minimum atomic E-state index is -0.0532. The Morgan fingerprint density at radius 1 is 1.62 bits per heavy atom. The topological polar surface area (TPSA) is 40.9 Å². The third-order valence-corrected chi connectivity index (χ3v) is 0.873. The molecule has 0 aliphatic heterocycles. The quantitative estimate of drug-likeness (QED) is 0.421. The van der Waals surface area contributed by atoms with Crippen LogP contribution in [0.3, 0.4) is 0 Å². The second-order valence-corrected chi connectivity index (χ2v) is 1.44. The highest BCUT2D eigenvalue weighted by molar-refractivity contribution is 6.11. The van der Waals surface area contributed by atoms with Crippen molar-refractivity contribution in [3.63, 3.8) is 0 Å². The van der Waals surface area contributed by atoms with Crippen LogP contribution in [0.15, 0.2) is 11.6 Å². The maximum Gasteiger partial charge on any atom is 0.160 e. The summed E-state index contributed by atoms with van der Waals surface area (Å²) in [4.78, 5) is 10.4. The van der Waals surface area contributed by atoms with E-state index in [2.05, 4.69) is 0 Å². The van der Waals surface area contributed by atoms with Gasteiger partial charge >= 0.3 is 0 Å². The summed E-state index contributed by atoms with van der Waals surface area (Å²) in [5.74, 6) is -0.0532. The van der Waals surface area contributed by atoms with Crippen LogP contribution in [-0.4, -0.2) is 12.0 Å². The molecule has 0 aromatic carbocycles. The Bertz CT molecular complexity index is 135. The normalized spacial score (nSPS) is 11.0. The van der Waals surface area contributed by atoms with E-state index in [0.717, 1.165) is 6.21 Å². The number of Topliss-reactive ketones (excluding diaryl/α,β-unsaturated/α-hetero) is 1. The zero-order valence-electron chi connectivity index (χ0n) is 5.06. The van der Waals surface area contributed by atoms with Gasteiger partial charge in [-0.2, -0.15) is 0 Å². The molecule has 0 unspecified atom stereocenters. The van der Waals surface area contributed by atoms with E-state index in [1.54, 1.807) is 13.0 Å². The third-order valence-electron chi connectivity index (χ3n) is 0.873. The largest absolute Gasteiger partial charge is 0.308 e. The van der Waals surface area contributed by atoms with Crippen molar-refractivity contribution >= 4 is 12.0 Å². The Kier molecular flexibility index (Phi) is 2.77. The van der Waals surface area contributed by atoms with E-state index in [1.165, 1.54) is 6.92 Å².